The van der Waals surface area contributed by atoms with Crippen LogP contribution in [0.2, 0.25) is 0 Å². The summed E-state index contributed by atoms with van der Waals surface area (Å²) in [5, 5.41) is 4.77. The smallest absolute Gasteiger partial charge is 0.167 e. The molecule has 0 bridgehead atoms. The molecular weight excluding hydrogens is 558 g/mol. The van der Waals surface area contributed by atoms with Crippen molar-refractivity contribution in [2.24, 2.45) is 0 Å². The highest BCUT2D eigenvalue weighted by atomic mass is 79.9. The summed E-state index contributed by atoms with van der Waals surface area (Å²) in [6, 6.07) is 15.0. The van der Waals surface area contributed by atoms with Crippen molar-refractivity contribution in [2.75, 3.05) is 39.5 Å². The number of hydrogen-bond acceptors (Lipinski definition) is 3. The summed E-state index contributed by atoms with van der Waals surface area (Å²) in [5.41, 5.74) is 4.34. The molecule has 0 aliphatic carbocycles. The number of hydrogen-bond donors (Lipinski definition) is 2. The SMILES string of the molecule is Brc1ccc2[nH]c3c(OCCCCCN4CCOCC4)c4[nH]c5ccc(Br)cc5c4cc3c2c1. The van der Waals surface area contributed by atoms with Gasteiger partial charge in [-0.25, -0.2) is 0 Å². The van der Waals surface area contributed by atoms with Crippen LogP contribution in [0.3, 0.4) is 0 Å². The molecule has 0 amide bonds. The zero-order valence-corrected chi connectivity index (χ0v) is 22.1. The lowest BCUT2D eigenvalue weighted by molar-refractivity contribution is 0.0370. The van der Waals surface area contributed by atoms with E-state index in [2.05, 4.69) is 89.2 Å². The Morgan fingerprint density at radius 1 is 0.765 bits per heavy atom. The van der Waals surface area contributed by atoms with Crippen LogP contribution in [-0.2, 0) is 4.74 Å². The van der Waals surface area contributed by atoms with Crippen LogP contribution in [0.1, 0.15) is 19.3 Å². The van der Waals surface area contributed by atoms with Gasteiger partial charge in [0.2, 0.25) is 0 Å². The van der Waals surface area contributed by atoms with E-state index in [0.29, 0.717) is 6.61 Å². The van der Waals surface area contributed by atoms with E-state index in [1.165, 1.54) is 28.0 Å². The molecule has 0 saturated carbocycles. The van der Waals surface area contributed by atoms with Gasteiger partial charge in [0.1, 0.15) is 0 Å². The highest BCUT2D eigenvalue weighted by Crippen LogP contribution is 2.41. The van der Waals surface area contributed by atoms with E-state index in [1.807, 2.05) is 0 Å². The molecule has 34 heavy (non-hydrogen) atoms. The molecule has 0 radical (unpaired) electrons. The van der Waals surface area contributed by atoms with Gasteiger partial charge in [-0.15, -0.1) is 0 Å². The first-order valence-corrected chi connectivity index (χ1v) is 13.5. The molecule has 2 aromatic heterocycles. The van der Waals surface area contributed by atoms with Gasteiger partial charge in [-0.2, -0.15) is 0 Å². The Kier molecular flexibility index (Phi) is 6.28. The largest absolute Gasteiger partial charge is 0.489 e. The third-order valence-corrected chi connectivity index (χ3v) is 7.80. The summed E-state index contributed by atoms with van der Waals surface area (Å²) in [6.45, 7) is 5.70. The number of nitrogens with one attached hydrogen (secondary N) is 2. The average Bonchev–Trinajstić information content (AvgIpc) is 3.39. The number of unbranched alkanes of at least 4 members (excludes halogenated alkanes) is 2. The van der Waals surface area contributed by atoms with E-state index >= 15 is 0 Å². The monoisotopic (exact) mass is 583 g/mol. The number of aromatic nitrogens is 2. The van der Waals surface area contributed by atoms with Crippen LogP contribution in [-0.4, -0.2) is 54.3 Å². The number of morpholine rings is 1. The van der Waals surface area contributed by atoms with Crippen molar-refractivity contribution in [3.05, 3.63) is 51.4 Å². The maximum Gasteiger partial charge on any atom is 0.167 e. The van der Waals surface area contributed by atoms with Gasteiger partial charge in [-0.3, -0.25) is 4.90 Å². The summed E-state index contributed by atoms with van der Waals surface area (Å²) in [4.78, 5) is 9.75. The van der Waals surface area contributed by atoms with Gasteiger partial charge in [0.05, 0.1) is 30.9 Å². The third-order valence-electron chi connectivity index (χ3n) is 6.81. The first kappa shape index (κ1) is 22.4. The summed E-state index contributed by atoms with van der Waals surface area (Å²) < 4.78 is 14.1. The van der Waals surface area contributed by atoms with Crippen molar-refractivity contribution in [1.82, 2.24) is 14.9 Å². The van der Waals surface area contributed by atoms with E-state index in [9.17, 15) is 0 Å². The minimum absolute atomic E-state index is 0.704. The van der Waals surface area contributed by atoms with Gasteiger partial charge in [0.25, 0.3) is 0 Å². The zero-order chi connectivity index (χ0) is 23.1. The molecule has 0 atom stereocenters. The average molecular weight is 585 g/mol. The Morgan fingerprint density at radius 3 is 2.00 bits per heavy atom. The molecule has 176 valence electrons. The van der Waals surface area contributed by atoms with E-state index in [0.717, 1.165) is 82.5 Å². The van der Waals surface area contributed by atoms with E-state index in [1.54, 1.807) is 0 Å². The van der Waals surface area contributed by atoms with Gasteiger partial charge >= 0.3 is 0 Å². The number of aromatic amines is 2. The van der Waals surface area contributed by atoms with Crippen molar-refractivity contribution in [1.29, 1.82) is 0 Å². The second kappa shape index (κ2) is 9.53. The molecule has 1 aliphatic rings. The summed E-state index contributed by atoms with van der Waals surface area (Å²) in [7, 11) is 0. The molecule has 2 N–H and O–H groups in total. The van der Waals surface area contributed by atoms with Gasteiger partial charge in [0.15, 0.2) is 5.75 Å². The Balaban J connectivity index is 1.31. The predicted octanol–water partition coefficient (Wildman–Crippen LogP) is 7.36. The lowest BCUT2D eigenvalue weighted by atomic mass is 10.1. The third kappa shape index (κ3) is 4.24. The fraction of sp³-hybridized carbons (Fsp3) is 0.333. The molecule has 5 nitrogen and oxygen atoms in total. The summed E-state index contributed by atoms with van der Waals surface area (Å²) in [6.07, 6.45) is 3.40. The van der Waals surface area contributed by atoms with Crippen LogP contribution in [0, 0.1) is 0 Å². The Bertz CT molecular complexity index is 1390. The number of rotatable bonds is 7. The quantitative estimate of drug-likeness (QED) is 0.196. The molecule has 0 unspecified atom stereocenters. The number of benzene rings is 3. The van der Waals surface area contributed by atoms with Gasteiger partial charge in [-0.1, -0.05) is 31.9 Å². The van der Waals surface area contributed by atoms with Gasteiger partial charge in [-0.05, 0) is 68.3 Å². The Labute approximate surface area is 215 Å². The van der Waals surface area contributed by atoms with Crippen molar-refractivity contribution in [3.63, 3.8) is 0 Å². The number of fused-ring (bicyclic) bond motifs is 6. The number of halogens is 2. The topological polar surface area (TPSA) is 53.3 Å². The summed E-state index contributed by atoms with van der Waals surface area (Å²) in [5.74, 6) is 0.917. The molecule has 0 spiro atoms. The van der Waals surface area contributed by atoms with Crippen molar-refractivity contribution >= 4 is 75.5 Å². The number of ether oxygens (including phenoxy) is 2. The molecule has 1 aliphatic heterocycles. The second-order valence-corrected chi connectivity index (χ2v) is 10.9. The number of H-pyrrole nitrogens is 2. The van der Waals surface area contributed by atoms with Crippen LogP contribution in [0.25, 0.3) is 43.6 Å². The van der Waals surface area contributed by atoms with Crippen molar-refractivity contribution in [2.45, 2.75) is 19.3 Å². The minimum atomic E-state index is 0.704. The molecule has 3 heterocycles. The molecular formula is C27H27Br2N3O2. The first-order valence-electron chi connectivity index (χ1n) is 12.0. The van der Waals surface area contributed by atoms with Crippen LogP contribution < -0.4 is 4.74 Å². The molecule has 7 heteroatoms. The van der Waals surface area contributed by atoms with Gasteiger partial charge < -0.3 is 19.4 Å². The summed E-state index contributed by atoms with van der Waals surface area (Å²) >= 11 is 7.28. The fourth-order valence-corrected chi connectivity index (χ4v) is 5.78. The Morgan fingerprint density at radius 2 is 1.38 bits per heavy atom. The van der Waals surface area contributed by atoms with Crippen LogP contribution in [0.15, 0.2) is 51.4 Å². The standard InChI is InChI=1S/C27H27Br2N3O2/c28-17-4-6-23-19(14-17)21-16-22-20-15-18(29)5-7-24(20)31-26(22)27(25(21)30-23)34-11-3-1-2-8-32-9-12-33-13-10-32/h4-7,14-16,30-31H,1-3,8-13H2. The molecule has 5 aromatic rings. The highest BCUT2D eigenvalue weighted by Gasteiger charge is 2.18. The van der Waals surface area contributed by atoms with Crippen LogP contribution in [0.5, 0.6) is 5.75 Å². The van der Waals surface area contributed by atoms with Gasteiger partial charge in [0, 0.05) is 54.6 Å². The zero-order valence-electron chi connectivity index (χ0n) is 18.9. The lowest BCUT2D eigenvalue weighted by Crippen LogP contribution is -2.36. The maximum absolute atomic E-state index is 6.52. The molecule has 1 saturated heterocycles. The predicted molar refractivity (Wildman–Crippen MR) is 147 cm³/mol. The molecule has 6 rings (SSSR count). The molecule has 3 aromatic carbocycles. The van der Waals surface area contributed by atoms with Crippen LogP contribution >= 0.6 is 31.9 Å². The van der Waals surface area contributed by atoms with Crippen LogP contribution in [0.4, 0.5) is 0 Å². The van der Waals surface area contributed by atoms with Crippen molar-refractivity contribution in [3.8, 4) is 5.75 Å². The minimum Gasteiger partial charge on any atom is -0.489 e. The highest BCUT2D eigenvalue weighted by molar-refractivity contribution is 9.10. The fourth-order valence-electron chi connectivity index (χ4n) is 5.05. The van der Waals surface area contributed by atoms with Crippen molar-refractivity contribution < 1.29 is 9.47 Å². The van der Waals surface area contributed by atoms with E-state index in [4.69, 9.17) is 9.47 Å². The lowest BCUT2D eigenvalue weighted by Gasteiger charge is -2.26. The molecule has 1 fully saturated rings. The Hall–Kier alpha value is -2.06. The number of nitrogens with zero attached hydrogens (tertiary/aromatic N) is 1. The normalized spacial score (nSPS) is 15.2. The van der Waals surface area contributed by atoms with E-state index < -0.39 is 0 Å². The van der Waals surface area contributed by atoms with E-state index in [-0.39, 0.29) is 0 Å². The second-order valence-electron chi connectivity index (χ2n) is 9.04. The first-order chi connectivity index (χ1) is 16.7. The maximum atomic E-state index is 6.52.